The van der Waals surface area contributed by atoms with Gasteiger partial charge in [0.1, 0.15) is 0 Å². The molecule has 0 amide bonds. The van der Waals surface area contributed by atoms with E-state index in [2.05, 4.69) is 34.5 Å². The quantitative estimate of drug-likeness (QED) is 0.858. The normalized spacial score (nSPS) is 26.1. The zero-order valence-corrected chi connectivity index (χ0v) is 11.0. The Labute approximate surface area is 109 Å². The van der Waals surface area contributed by atoms with Gasteiger partial charge in [-0.2, -0.15) is 0 Å². The Bertz CT molecular complexity index is 419. The highest BCUT2D eigenvalue weighted by Gasteiger charge is 2.44. The van der Waals surface area contributed by atoms with Gasteiger partial charge in [-0.1, -0.05) is 25.0 Å². The van der Waals surface area contributed by atoms with Crippen molar-refractivity contribution in [3.8, 4) is 0 Å². The Balaban J connectivity index is 1.43. The van der Waals surface area contributed by atoms with Crippen LogP contribution in [0, 0.1) is 5.41 Å². The number of rotatable bonds is 2. The fourth-order valence-corrected chi connectivity index (χ4v) is 3.87. The summed E-state index contributed by atoms with van der Waals surface area (Å²) in [5, 5.41) is 3.34. The van der Waals surface area contributed by atoms with E-state index in [4.69, 9.17) is 0 Å². The van der Waals surface area contributed by atoms with Gasteiger partial charge in [0.05, 0.1) is 0 Å². The van der Waals surface area contributed by atoms with Crippen LogP contribution in [0.15, 0.2) is 24.3 Å². The predicted molar refractivity (Wildman–Crippen MR) is 75.2 cm³/mol. The molecule has 0 bridgehead atoms. The van der Waals surface area contributed by atoms with Crippen molar-refractivity contribution >= 4 is 5.69 Å². The van der Waals surface area contributed by atoms with Crippen LogP contribution in [-0.2, 0) is 0 Å². The molecule has 96 valence electrons. The summed E-state index contributed by atoms with van der Waals surface area (Å²) in [5.41, 5.74) is 3.65. The lowest BCUT2D eigenvalue weighted by atomic mass is 9.78. The molecule has 2 aliphatic heterocycles. The van der Waals surface area contributed by atoms with Crippen molar-refractivity contribution in [2.45, 2.75) is 31.6 Å². The van der Waals surface area contributed by atoms with E-state index in [1.165, 1.54) is 50.0 Å². The molecule has 3 aliphatic rings. The molecule has 4 rings (SSSR count). The summed E-state index contributed by atoms with van der Waals surface area (Å²) in [6, 6.07) is 9.33. The van der Waals surface area contributed by atoms with Crippen LogP contribution >= 0.6 is 0 Å². The van der Waals surface area contributed by atoms with E-state index in [9.17, 15) is 0 Å². The van der Waals surface area contributed by atoms with Crippen LogP contribution in [0.25, 0.3) is 0 Å². The Kier molecular flexibility index (Phi) is 2.41. The zero-order chi connectivity index (χ0) is 12.0. The summed E-state index contributed by atoms with van der Waals surface area (Å²) >= 11 is 0. The first-order valence-corrected chi connectivity index (χ1v) is 7.40. The number of hydrogen-bond donors (Lipinski definition) is 1. The zero-order valence-electron chi connectivity index (χ0n) is 11.0. The largest absolute Gasteiger partial charge is 0.370 e. The van der Waals surface area contributed by atoms with Crippen LogP contribution in [0.5, 0.6) is 0 Å². The van der Waals surface area contributed by atoms with E-state index in [1.54, 1.807) is 0 Å². The van der Waals surface area contributed by atoms with Crippen molar-refractivity contribution in [1.82, 2.24) is 5.32 Å². The Morgan fingerprint density at radius 1 is 1.00 bits per heavy atom. The first kappa shape index (κ1) is 10.9. The van der Waals surface area contributed by atoms with Gasteiger partial charge >= 0.3 is 0 Å². The van der Waals surface area contributed by atoms with E-state index in [-0.39, 0.29) is 0 Å². The molecular formula is C16H22N2. The first-order chi connectivity index (χ1) is 8.85. The van der Waals surface area contributed by atoms with Crippen LogP contribution in [0.4, 0.5) is 5.69 Å². The molecule has 2 saturated heterocycles. The van der Waals surface area contributed by atoms with Crippen LogP contribution in [0.2, 0.25) is 0 Å². The van der Waals surface area contributed by atoms with Gasteiger partial charge in [-0.05, 0) is 30.5 Å². The molecular weight excluding hydrogens is 220 g/mol. The second-order valence-corrected chi connectivity index (χ2v) is 6.51. The molecule has 0 radical (unpaired) electrons. The monoisotopic (exact) mass is 242 g/mol. The minimum atomic E-state index is 0.705. The van der Waals surface area contributed by atoms with Crippen molar-refractivity contribution in [2.24, 2.45) is 5.41 Å². The van der Waals surface area contributed by atoms with E-state index in [0.717, 1.165) is 19.0 Å². The summed E-state index contributed by atoms with van der Waals surface area (Å²) in [4.78, 5) is 2.56. The van der Waals surface area contributed by atoms with Crippen LogP contribution in [0.3, 0.4) is 0 Å². The molecule has 1 saturated carbocycles. The lowest BCUT2D eigenvalue weighted by Gasteiger charge is -2.50. The van der Waals surface area contributed by atoms with E-state index in [0.29, 0.717) is 5.41 Å². The van der Waals surface area contributed by atoms with Crippen molar-refractivity contribution < 1.29 is 0 Å². The van der Waals surface area contributed by atoms with E-state index < -0.39 is 0 Å². The Hall–Kier alpha value is -1.02. The summed E-state index contributed by atoms with van der Waals surface area (Å²) in [5.74, 6) is 0.761. The molecule has 3 fully saturated rings. The topological polar surface area (TPSA) is 15.3 Å². The molecule has 2 nitrogen and oxygen atoms in total. The van der Waals surface area contributed by atoms with E-state index in [1.807, 2.05) is 0 Å². The number of nitrogens with one attached hydrogen (secondary N) is 1. The second-order valence-electron chi connectivity index (χ2n) is 6.51. The third kappa shape index (κ3) is 1.66. The molecule has 2 heteroatoms. The van der Waals surface area contributed by atoms with Crippen LogP contribution < -0.4 is 10.2 Å². The average Bonchev–Trinajstić information content (AvgIpc) is 2.75. The molecule has 0 aromatic heterocycles. The van der Waals surface area contributed by atoms with Crippen molar-refractivity contribution in [3.63, 3.8) is 0 Å². The smallest absolute Gasteiger partial charge is 0.0366 e. The standard InChI is InChI=1S/C16H22N2/c1-2-8-16(7-1)11-18(12-16)15-5-3-13(4-6-15)14-9-17-10-14/h3-6,14,17H,1-2,7-12H2. The van der Waals surface area contributed by atoms with Crippen molar-refractivity contribution in [1.29, 1.82) is 0 Å². The van der Waals surface area contributed by atoms with Gasteiger partial charge in [-0.3, -0.25) is 0 Å². The third-order valence-corrected chi connectivity index (χ3v) is 5.23. The Morgan fingerprint density at radius 2 is 1.67 bits per heavy atom. The number of benzene rings is 1. The number of anilines is 1. The van der Waals surface area contributed by atoms with Gasteiger partial charge in [0.2, 0.25) is 0 Å². The SMILES string of the molecule is c1cc(N2CC3(CCCC3)C2)ccc1C1CNC1. The maximum absolute atomic E-state index is 3.34. The highest BCUT2D eigenvalue weighted by atomic mass is 15.2. The fraction of sp³-hybridized carbons (Fsp3) is 0.625. The molecule has 1 N–H and O–H groups in total. The second kappa shape index (κ2) is 3.99. The molecule has 1 spiro atoms. The summed E-state index contributed by atoms with van der Waals surface area (Å²) in [6.07, 6.45) is 5.85. The lowest BCUT2D eigenvalue weighted by molar-refractivity contribution is 0.222. The van der Waals surface area contributed by atoms with E-state index >= 15 is 0 Å². The Morgan fingerprint density at radius 3 is 2.22 bits per heavy atom. The number of nitrogens with zero attached hydrogens (tertiary/aromatic N) is 1. The van der Waals surface area contributed by atoms with Crippen molar-refractivity contribution in [3.05, 3.63) is 29.8 Å². The predicted octanol–water partition coefficient (Wildman–Crippen LogP) is 2.75. The van der Waals surface area contributed by atoms with Gasteiger partial charge in [0, 0.05) is 43.2 Å². The van der Waals surface area contributed by atoms with Crippen LogP contribution in [0.1, 0.15) is 37.2 Å². The van der Waals surface area contributed by atoms with Gasteiger partial charge in [0.25, 0.3) is 0 Å². The number of hydrogen-bond acceptors (Lipinski definition) is 2. The summed E-state index contributed by atoms with van der Waals surface area (Å²) < 4.78 is 0. The molecule has 18 heavy (non-hydrogen) atoms. The van der Waals surface area contributed by atoms with Crippen molar-refractivity contribution in [2.75, 3.05) is 31.1 Å². The first-order valence-electron chi connectivity index (χ1n) is 7.40. The van der Waals surface area contributed by atoms with Gasteiger partial charge < -0.3 is 10.2 Å². The highest BCUT2D eigenvalue weighted by molar-refractivity contribution is 5.51. The minimum Gasteiger partial charge on any atom is -0.370 e. The summed E-state index contributed by atoms with van der Waals surface area (Å²) in [7, 11) is 0. The maximum atomic E-state index is 3.34. The van der Waals surface area contributed by atoms with Gasteiger partial charge in [-0.15, -0.1) is 0 Å². The molecule has 2 heterocycles. The molecule has 1 aromatic rings. The molecule has 0 atom stereocenters. The highest BCUT2D eigenvalue weighted by Crippen LogP contribution is 2.46. The van der Waals surface area contributed by atoms with Gasteiger partial charge in [0.15, 0.2) is 0 Å². The van der Waals surface area contributed by atoms with Gasteiger partial charge in [-0.25, -0.2) is 0 Å². The summed E-state index contributed by atoms with van der Waals surface area (Å²) in [6.45, 7) is 4.92. The minimum absolute atomic E-state index is 0.705. The molecule has 1 aliphatic carbocycles. The van der Waals surface area contributed by atoms with Crippen LogP contribution in [-0.4, -0.2) is 26.2 Å². The third-order valence-electron chi connectivity index (χ3n) is 5.23. The average molecular weight is 242 g/mol. The molecule has 0 unspecified atom stereocenters. The lowest BCUT2D eigenvalue weighted by Crippen LogP contribution is -2.55. The fourth-order valence-electron chi connectivity index (χ4n) is 3.87. The molecule has 1 aromatic carbocycles. The maximum Gasteiger partial charge on any atom is 0.0366 e.